The third kappa shape index (κ3) is 7.31. The van der Waals surface area contributed by atoms with Gasteiger partial charge in [-0.15, -0.1) is 0 Å². The highest BCUT2D eigenvalue weighted by molar-refractivity contribution is 7.89. The lowest BCUT2D eigenvalue weighted by Gasteiger charge is -2.21. The van der Waals surface area contributed by atoms with E-state index >= 15 is 0 Å². The van der Waals surface area contributed by atoms with Gasteiger partial charge >= 0.3 is 0 Å². The number of carbonyl (C=O) groups is 1. The topological polar surface area (TPSA) is 107 Å². The van der Waals surface area contributed by atoms with Crippen molar-refractivity contribution in [2.45, 2.75) is 18.2 Å². The van der Waals surface area contributed by atoms with Gasteiger partial charge in [-0.05, 0) is 43.2 Å². The van der Waals surface area contributed by atoms with Gasteiger partial charge in [0.2, 0.25) is 15.8 Å². The molecule has 0 saturated carbocycles. The van der Waals surface area contributed by atoms with E-state index in [1.807, 2.05) is 37.3 Å². The van der Waals surface area contributed by atoms with E-state index in [9.17, 15) is 13.2 Å². The minimum Gasteiger partial charge on any atom is -0.493 e. The molecular weight excluding hydrogens is 494 g/mol. The molecule has 0 unspecified atom stereocenters. The molecule has 0 radical (unpaired) electrons. The first kappa shape index (κ1) is 27.7. The molecule has 0 heterocycles. The van der Waals surface area contributed by atoms with Crippen molar-refractivity contribution in [1.29, 1.82) is 0 Å². The van der Waals surface area contributed by atoms with Crippen LogP contribution in [0.5, 0.6) is 17.2 Å². The number of aryl methyl sites for hydroxylation is 1. The van der Waals surface area contributed by atoms with Gasteiger partial charge in [0.05, 0.1) is 39.0 Å². The number of methoxy groups -OCH3 is 3. The summed E-state index contributed by atoms with van der Waals surface area (Å²) in [5.74, 6) is 0.728. The maximum absolute atomic E-state index is 13.4. The van der Waals surface area contributed by atoms with E-state index in [1.165, 1.54) is 27.5 Å². The van der Waals surface area contributed by atoms with Crippen molar-refractivity contribution in [3.63, 3.8) is 0 Å². The Hall–Kier alpha value is -3.89. The molecule has 0 aromatic heterocycles. The highest BCUT2D eigenvalue weighted by Gasteiger charge is 2.26. The first-order chi connectivity index (χ1) is 17.8. The molecule has 3 aromatic rings. The van der Waals surface area contributed by atoms with Gasteiger partial charge < -0.3 is 14.2 Å². The smallest absolute Gasteiger partial charge is 0.255 e. The molecule has 9 nitrogen and oxygen atoms in total. The average molecular weight is 526 g/mol. The number of amides is 1. The maximum atomic E-state index is 13.4. The van der Waals surface area contributed by atoms with Gasteiger partial charge in [-0.25, -0.2) is 13.8 Å². The Morgan fingerprint density at radius 3 is 2.14 bits per heavy atom. The molecule has 0 spiro atoms. The van der Waals surface area contributed by atoms with Gasteiger partial charge in [-0.2, -0.15) is 9.41 Å². The summed E-state index contributed by atoms with van der Waals surface area (Å²) >= 11 is 0. The summed E-state index contributed by atoms with van der Waals surface area (Å²) in [5, 5.41) is 3.99. The Bertz CT molecular complexity index is 1300. The summed E-state index contributed by atoms with van der Waals surface area (Å²) < 4.78 is 43.8. The Morgan fingerprint density at radius 2 is 1.57 bits per heavy atom. The van der Waals surface area contributed by atoms with E-state index in [4.69, 9.17) is 14.2 Å². The molecule has 3 rings (SSSR count). The summed E-state index contributed by atoms with van der Waals surface area (Å²) in [6.45, 7) is 1.61. The average Bonchev–Trinajstić information content (AvgIpc) is 2.91. The molecule has 10 heteroatoms. The fraction of sp³-hybridized carbons (Fsp3) is 0.259. The largest absolute Gasteiger partial charge is 0.493 e. The van der Waals surface area contributed by atoms with Crippen LogP contribution in [0, 0.1) is 6.92 Å². The number of hydrogen-bond donors (Lipinski definition) is 1. The zero-order valence-corrected chi connectivity index (χ0v) is 22.1. The number of nitrogens with one attached hydrogen (secondary N) is 1. The second-order valence-electron chi connectivity index (χ2n) is 8.14. The van der Waals surface area contributed by atoms with Crippen LogP contribution in [0.2, 0.25) is 0 Å². The minimum absolute atomic E-state index is 0.125. The van der Waals surface area contributed by atoms with Crippen LogP contribution in [0.25, 0.3) is 0 Å². The lowest BCUT2D eigenvalue weighted by atomic mass is 10.1. The summed E-state index contributed by atoms with van der Waals surface area (Å²) in [6, 6.07) is 19.4. The summed E-state index contributed by atoms with van der Waals surface area (Å²) in [4.78, 5) is 12.9. The number of hydrazone groups is 1. The normalized spacial score (nSPS) is 11.5. The summed E-state index contributed by atoms with van der Waals surface area (Å²) in [7, 11) is 0.587. The van der Waals surface area contributed by atoms with Crippen molar-refractivity contribution in [1.82, 2.24) is 9.73 Å². The number of rotatable bonds is 12. The number of carbonyl (C=O) groups excluding carboxylic acids is 1. The molecule has 0 aliphatic carbocycles. The molecule has 0 aliphatic heterocycles. The van der Waals surface area contributed by atoms with Crippen LogP contribution < -0.4 is 19.6 Å². The van der Waals surface area contributed by atoms with Gasteiger partial charge in [-0.1, -0.05) is 48.0 Å². The Kier molecular flexibility index (Phi) is 9.64. The van der Waals surface area contributed by atoms with E-state index in [1.54, 1.807) is 36.4 Å². The van der Waals surface area contributed by atoms with E-state index in [0.29, 0.717) is 29.2 Å². The number of hydrogen-bond acceptors (Lipinski definition) is 7. The van der Waals surface area contributed by atoms with Crippen molar-refractivity contribution >= 4 is 22.1 Å². The fourth-order valence-corrected chi connectivity index (χ4v) is 4.99. The third-order valence-electron chi connectivity index (χ3n) is 5.56. The van der Waals surface area contributed by atoms with Gasteiger partial charge in [0, 0.05) is 12.1 Å². The van der Waals surface area contributed by atoms with E-state index in [0.717, 1.165) is 15.4 Å². The van der Waals surface area contributed by atoms with Crippen LogP contribution in [0.3, 0.4) is 0 Å². The van der Waals surface area contributed by atoms with Crippen molar-refractivity contribution in [3.8, 4) is 17.2 Å². The number of sulfonamides is 1. The molecule has 37 heavy (non-hydrogen) atoms. The maximum Gasteiger partial charge on any atom is 0.255 e. The Balaban J connectivity index is 1.76. The molecule has 0 aliphatic rings. The van der Waals surface area contributed by atoms with Crippen molar-refractivity contribution in [2.24, 2.45) is 5.10 Å². The van der Waals surface area contributed by atoms with Gasteiger partial charge in [0.25, 0.3) is 5.91 Å². The third-order valence-corrected chi connectivity index (χ3v) is 7.42. The zero-order valence-electron chi connectivity index (χ0n) is 21.3. The lowest BCUT2D eigenvalue weighted by molar-refractivity contribution is -0.121. The summed E-state index contributed by atoms with van der Waals surface area (Å²) in [6.07, 6.45) is 1.86. The molecule has 1 N–H and O–H groups in total. The predicted octanol–water partition coefficient (Wildman–Crippen LogP) is 3.40. The van der Waals surface area contributed by atoms with Crippen molar-refractivity contribution < 1.29 is 27.4 Å². The number of nitrogens with zero attached hydrogens (tertiary/aromatic N) is 2. The zero-order chi connectivity index (χ0) is 26.8. The molecule has 0 saturated heterocycles. The second kappa shape index (κ2) is 12.9. The standard InChI is InChI=1S/C27H31N3O6S/c1-20-10-12-23(13-11-20)37(32,33)30(15-14-21-8-6-5-7-9-21)19-26(31)29-28-18-22-16-24(34-2)27(36-4)25(17-22)35-3/h5-13,16-18H,14-15,19H2,1-4H3,(H,29,31)/b28-18-. The number of ether oxygens (including phenoxy) is 3. The molecule has 196 valence electrons. The van der Waals surface area contributed by atoms with Crippen molar-refractivity contribution in [3.05, 3.63) is 83.4 Å². The minimum atomic E-state index is -3.91. The van der Waals surface area contributed by atoms with Crippen LogP contribution in [0.4, 0.5) is 0 Å². The Labute approximate surface area is 217 Å². The Morgan fingerprint density at radius 1 is 0.946 bits per heavy atom. The first-order valence-corrected chi connectivity index (χ1v) is 12.9. The molecule has 0 fully saturated rings. The fourth-order valence-electron chi connectivity index (χ4n) is 3.59. The van der Waals surface area contributed by atoms with E-state index < -0.39 is 22.5 Å². The second-order valence-corrected chi connectivity index (χ2v) is 10.1. The highest BCUT2D eigenvalue weighted by atomic mass is 32.2. The number of benzene rings is 3. The van der Waals surface area contributed by atoms with Gasteiger partial charge in [0.15, 0.2) is 11.5 Å². The summed E-state index contributed by atoms with van der Waals surface area (Å²) in [5.41, 5.74) is 4.90. The SMILES string of the molecule is COc1cc(/C=N\NC(=O)CN(CCc2ccccc2)S(=O)(=O)c2ccc(C)cc2)cc(OC)c1OC. The molecular formula is C27H31N3O6S. The van der Waals surface area contributed by atoms with Crippen LogP contribution in [-0.2, 0) is 21.2 Å². The predicted molar refractivity (Wildman–Crippen MR) is 142 cm³/mol. The monoisotopic (exact) mass is 525 g/mol. The van der Waals surface area contributed by atoms with E-state index in [2.05, 4.69) is 10.5 Å². The highest BCUT2D eigenvalue weighted by Crippen LogP contribution is 2.37. The van der Waals surface area contributed by atoms with Crippen LogP contribution in [0.15, 0.2) is 76.7 Å². The molecule has 0 atom stereocenters. The quantitative estimate of drug-likeness (QED) is 0.287. The van der Waals surface area contributed by atoms with Crippen LogP contribution >= 0.6 is 0 Å². The van der Waals surface area contributed by atoms with Crippen LogP contribution in [-0.4, -0.2) is 59.3 Å². The van der Waals surface area contributed by atoms with Gasteiger partial charge in [-0.3, -0.25) is 4.79 Å². The van der Waals surface area contributed by atoms with Gasteiger partial charge in [0.1, 0.15) is 0 Å². The molecule has 1 amide bonds. The van der Waals surface area contributed by atoms with Crippen LogP contribution in [0.1, 0.15) is 16.7 Å². The van der Waals surface area contributed by atoms with Crippen molar-refractivity contribution in [2.75, 3.05) is 34.4 Å². The van der Waals surface area contributed by atoms with E-state index in [-0.39, 0.29) is 11.4 Å². The lowest BCUT2D eigenvalue weighted by Crippen LogP contribution is -2.40. The molecule has 0 bridgehead atoms. The molecule has 3 aromatic carbocycles. The first-order valence-electron chi connectivity index (χ1n) is 11.5.